The first-order chi connectivity index (χ1) is 14.1. The van der Waals surface area contributed by atoms with Crippen molar-refractivity contribution in [1.82, 2.24) is 25.3 Å². The van der Waals surface area contributed by atoms with E-state index >= 15 is 0 Å². The lowest BCUT2D eigenvalue weighted by molar-refractivity contribution is -0.131. The van der Waals surface area contributed by atoms with Crippen LogP contribution in [0.2, 0.25) is 0 Å². The van der Waals surface area contributed by atoms with Gasteiger partial charge in [-0.15, -0.1) is 15.3 Å². The van der Waals surface area contributed by atoms with Crippen molar-refractivity contribution in [1.29, 1.82) is 0 Å². The van der Waals surface area contributed by atoms with Gasteiger partial charge in [0.1, 0.15) is 0 Å². The van der Waals surface area contributed by atoms with Crippen LogP contribution < -0.4 is 4.90 Å². The van der Waals surface area contributed by atoms with E-state index in [1.807, 2.05) is 47.1 Å². The van der Waals surface area contributed by atoms with Gasteiger partial charge in [-0.2, -0.15) is 0 Å². The molecule has 0 bridgehead atoms. The number of aromatic nitrogens is 4. The van der Waals surface area contributed by atoms with E-state index in [-0.39, 0.29) is 18.2 Å². The number of nitrogens with zero attached hydrogens (tertiary/aromatic N) is 6. The molecule has 1 aliphatic rings. The average molecular weight is 396 g/mol. The molecule has 1 fully saturated rings. The van der Waals surface area contributed by atoms with E-state index in [4.69, 9.17) is 8.83 Å². The second kappa shape index (κ2) is 8.42. The van der Waals surface area contributed by atoms with E-state index in [9.17, 15) is 4.79 Å². The third-order valence-corrected chi connectivity index (χ3v) is 5.08. The largest absolute Gasteiger partial charge is 0.425 e. The third-order valence-electron chi connectivity index (χ3n) is 5.08. The highest BCUT2D eigenvalue weighted by Crippen LogP contribution is 2.28. The van der Waals surface area contributed by atoms with Crippen LogP contribution in [0.25, 0.3) is 0 Å². The molecule has 4 rings (SSSR count). The summed E-state index contributed by atoms with van der Waals surface area (Å²) in [7, 11) is 0. The zero-order valence-electron chi connectivity index (χ0n) is 16.6. The van der Waals surface area contributed by atoms with Gasteiger partial charge in [0.05, 0.1) is 5.92 Å². The highest BCUT2D eigenvalue weighted by molar-refractivity contribution is 5.78. The van der Waals surface area contributed by atoms with E-state index in [0.717, 1.165) is 5.56 Å². The Balaban J connectivity index is 1.42. The van der Waals surface area contributed by atoms with Crippen LogP contribution in [-0.2, 0) is 11.2 Å². The normalized spacial score (nSPS) is 15.5. The monoisotopic (exact) mass is 396 g/mol. The highest BCUT2D eigenvalue weighted by atomic mass is 16.4. The van der Waals surface area contributed by atoms with Crippen molar-refractivity contribution >= 4 is 11.9 Å². The third kappa shape index (κ3) is 4.28. The van der Waals surface area contributed by atoms with Gasteiger partial charge in [0, 0.05) is 45.9 Å². The Labute approximate surface area is 168 Å². The molecule has 9 nitrogen and oxygen atoms in total. The smallest absolute Gasteiger partial charge is 0.318 e. The number of anilines is 1. The van der Waals surface area contributed by atoms with Gasteiger partial charge in [-0.05, 0) is 5.56 Å². The van der Waals surface area contributed by atoms with Crippen molar-refractivity contribution in [2.75, 3.05) is 31.1 Å². The van der Waals surface area contributed by atoms with Gasteiger partial charge in [-0.25, -0.2) is 0 Å². The Morgan fingerprint density at radius 3 is 2.41 bits per heavy atom. The van der Waals surface area contributed by atoms with E-state index < -0.39 is 0 Å². The standard InChI is InChI=1S/C20H24N6O3/c1-3-17-22-24-20(29-17)26-11-9-25(10-12-26)18(27)13-16(15-7-5-4-6-8-15)19-23-21-14(2)28-19/h4-8,16H,3,9-13H2,1-2H3. The summed E-state index contributed by atoms with van der Waals surface area (Å²) in [6.07, 6.45) is 0.994. The first kappa shape index (κ1) is 19.1. The van der Waals surface area contributed by atoms with Crippen molar-refractivity contribution in [2.24, 2.45) is 0 Å². The summed E-state index contributed by atoms with van der Waals surface area (Å²) in [5.74, 6) is 1.39. The lowest BCUT2D eigenvalue weighted by Crippen LogP contribution is -2.49. The molecule has 152 valence electrons. The van der Waals surface area contributed by atoms with Crippen LogP contribution in [0.5, 0.6) is 0 Å². The molecule has 0 radical (unpaired) electrons. The summed E-state index contributed by atoms with van der Waals surface area (Å²) < 4.78 is 11.3. The zero-order valence-corrected chi connectivity index (χ0v) is 16.6. The molecular formula is C20H24N6O3. The van der Waals surface area contributed by atoms with Gasteiger partial charge in [0.25, 0.3) is 0 Å². The molecule has 9 heteroatoms. The molecule has 1 saturated heterocycles. The number of amides is 1. The molecule has 0 saturated carbocycles. The maximum Gasteiger partial charge on any atom is 0.318 e. The Morgan fingerprint density at radius 1 is 1.03 bits per heavy atom. The number of carbonyl (C=O) groups excluding carboxylic acids is 1. The van der Waals surface area contributed by atoms with Gasteiger partial charge < -0.3 is 18.6 Å². The predicted octanol–water partition coefficient (Wildman–Crippen LogP) is 2.19. The Hall–Kier alpha value is -3.23. The van der Waals surface area contributed by atoms with Crippen LogP contribution >= 0.6 is 0 Å². The molecular weight excluding hydrogens is 372 g/mol. The molecule has 1 unspecified atom stereocenters. The van der Waals surface area contributed by atoms with Gasteiger partial charge >= 0.3 is 6.01 Å². The average Bonchev–Trinajstić information content (AvgIpc) is 3.41. The fourth-order valence-corrected chi connectivity index (χ4v) is 3.45. The summed E-state index contributed by atoms with van der Waals surface area (Å²) >= 11 is 0. The Bertz CT molecular complexity index is 946. The number of hydrogen-bond donors (Lipinski definition) is 0. The molecule has 0 spiro atoms. The van der Waals surface area contributed by atoms with E-state index in [1.165, 1.54) is 0 Å². The first-order valence-corrected chi connectivity index (χ1v) is 9.84. The van der Waals surface area contributed by atoms with Crippen molar-refractivity contribution in [2.45, 2.75) is 32.6 Å². The fourth-order valence-electron chi connectivity index (χ4n) is 3.45. The molecule has 3 heterocycles. The van der Waals surface area contributed by atoms with E-state index in [2.05, 4.69) is 20.4 Å². The van der Waals surface area contributed by atoms with E-state index in [1.54, 1.807) is 6.92 Å². The molecule has 1 atom stereocenters. The van der Waals surface area contributed by atoms with Gasteiger partial charge in [-0.1, -0.05) is 42.4 Å². The molecule has 29 heavy (non-hydrogen) atoms. The summed E-state index contributed by atoms with van der Waals surface area (Å²) in [4.78, 5) is 16.9. The zero-order chi connectivity index (χ0) is 20.2. The topological polar surface area (TPSA) is 101 Å². The molecule has 1 aliphatic heterocycles. The summed E-state index contributed by atoms with van der Waals surface area (Å²) in [5.41, 5.74) is 0.987. The van der Waals surface area contributed by atoms with Crippen LogP contribution in [0.15, 0.2) is 39.2 Å². The molecule has 1 aromatic carbocycles. The SMILES string of the molecule is CCc1nnc(N2CCN(C(=O)CC(c3ccccc3)c3nnc(C)o3)CC2)o1. The predicted molar refractivity (Wildman–Crippen MR) is 104 cm³/mol. The number of aryl methyl sites for hydroxylation is 2. The van der Waals surface area contributed by atoms with Crippen molar-refractivity contribution in [3.63, 3.8) is 0 Å². The number of piperazine rings is 1. The molecule has 2 aromatic heterocycles. The van der Waals surface area contributed by atoms with Crippen LogP contribution in [0.3, 0.4) is 0 Å². The maximum atomic E-state index is 13.0. The lowest BCUT2D eigenvalue weighted by Gasteiger charge is -2.34. The van der Waals surface area contributed by atoms with Crippen molar-refractivity contribution in [3.8, 4) is 0 Å². The number of benzene rings is 1. The van der Waals surface area contributed by atoms with Gasteiger partial charge in [0.15, 0.2) is 0 Å². The quantitative estimate of drug-likeness (QED) is 0.625. The second-order valence-electron chi connectivity index (χ2n) is 7.03. The maximum absolute atomic E-state index is 13.0. The van der Waals surface area contributed by atoms with Crippen molar-refractivity contribution < 1.29 is 13.6 Å². The first-order valence-electron chi connectivity index (χ1n) is 9.84. The number of rotatable bonds is 6. The second-order valence-corrected chi connectivity index (χ2v) is 7.03. The van der Waals surface area contributed by atoms with Crippen LogP contribution in [0.4, 0.5) is 6.01 Å². The van der Waals surface area contributed by atoms with E-state index in [0.29, 0.717) is 56.3 Å². The van der Waals surface area contributed by atoms with Gasteiger partial charge in [0.2, 0.25) is 23.6 Å². The summed E-state index contributed by atoms with van der Waals surface area (Å²) in [5, 5.41) is 16.2. The summed E-state index contributed by atoms with van der Waals surface area (Å²) in [6, 6.07) is 10.3. The molecule has 0 aliphatic carbocycles. The Morgan fingerprint density at radius 2 is 1.79 bits per heavy atom. The van der Waals surface area contributed by atoms with Crippen LogP contribution in [0.1, 0.15) is 42.5 Å². The number of hydrogen-bond acceptors (Lipinski definition) is 8. The molecule has 1 amide bonds. The van der Waals surface area contributed by atoms with Crippen LogP contribution in [0, 0.1) is 6.92 Å². The minimum absolute atomic E-state index is 0.0640. The fraction of sp³-hybridized carbons (Fsp3) is 0.450. The van der Waals surface area contributed by atoms with Crippen LogP contribution in [-0.4, -0.2) is 57.4 Å². The van der Waals surface area contributed by atoms with Gasteiger partial charge in [-0.3, -0.25) is 4.79 Å². The summed E-state index contributed by atoms with van der Waals surface area (Å²) in [6.45, 7) is 6.25. The molecule has 0 N–H and O–H groups in total. The van der Waals surface area contributed by atoms with Crippen molar-refractivity contribution in [3.05, 3.63) is 53.6 Å². The lowest BCUT2D eigenvalue weighted by atomic mass is 9.95. The number of carbonyl (C=O) groups is 1. The minimum Gasteiger partial charge on any atom is -0.425 e. The highest BCUT2D eigenvalue weighted by Gasteiger charge is 2.29. The Kier molecular flexibility index (Phi) is 5.55. The molecule has 3 aromatic rings. The minimum atomic E-state index is -0.258.